The van der Waals surface area contributed by atoms with Gasteiger partial charge in [-0.25, -0.2) is 5.43 Å². The van der Waals surface area contributed by atoms with Crippen LogP contribution in [0.2, 0.25) is 0 Å². The molecule has 0 aliphatic carbocycles. The summed E-state index contributed by atoms with van der Waals surface area (Å²) < 4.78 is 15.5. The van der Waals surface area contributed by atoms with Crippen LogP contribution < -0.4 is 19.6 Å². The molecule has 9 heteroatoms. The Morgan fingerprint density at radius 2 is 1.93 bits per heavy atom. The number of nitro benzene ring substituents is 1. The van der Waals surface area contributed by atoms with Crippen LogP contribution in [0.1, 0.15) is 11.1 Å². The molecule has 0 radical (unpaired) electrons. The lowest BCUT2D eigenvalue weighted by Crippen LogP contribution is -2.24. The summed E-state index contributed by atoms with van der Waals surface area (Å²) in [6, 6.07) is 9.88. The zero-order valence-electron chi connectivity index (χ0n) is 15.1. The number of aryl methyl sites for hydroxylation is 1. The van der Waals surface area contributed by atoms with Crippen LogP contribution in [0.4, 0.5) is 5.69 Å². The predicted molar refractivity (Wildman–Crippen MR) is 98.6 cm³/mol. The molecule has 9 nitrogen and oxygen atoms in total. The second-order valence-electron chi connectivity index (χ2n) is 5.42. The topological polar surface area (TPSA) is 112 Å². The summed E-state index contributed by atoms with van der Waals surface area (Å²) in [5.74, 6) is 0.580. The van der Waals surface area contributed by atoms with Gasteiger partial charge in [-0.15, -0.1) is 0 Å². The number of amides is 1. The Morgan fingerprint density at radius 3 is 2.56 bits per heavy atom. The number of rotatable bonds is 8. The summed E-state index contributed by atoms with van der Waals surface area (Å²) in [5, 5.41) is 15.0. The Bertz CT molecular complexity index is 866. The number of nitrogens with zero attached hydrogens (tertiary/aromatic N) is 2. The third-order valence-electron chi connectivity index (χ3n) is 3.48. The minimum absolute atomic E-state index is 0.151. The summed E-state index contributed by atoms with van der Waals surface area (Å²) in [6.07, 6.45) is 1.16. The lowest BCUT2D eigenvalue weighted by atomic mass is 10.1. The van der Waals surface area contributed by atoms with Crippen molar-refractivity contribution in [3.8, 4) is 17.2 Å². The van der Waals surface area contributed by atoms with E-state index in [1.54, 1.807) is 12.1 Å². The van der Waals surface area contributed by atoms with Gasteiger partial charge >= 0.3 is 0 Å². The van der Waals surface area contributed by atoms with Crippen LogP contribution in [0.25, 0.3) is 0 Å². The molecular weight excluding hydrogens is 354 g/mol. The fraction of sp³-hybridized carbons (Fsp3) is 0.222. The number of nitro groups is 1. The molecule has 1 amide bonds. The Kier molecular flexibility index (Phi) is 6.70. The van der Waals surface area contributed by atoms with Crippen LogP contribution in [0.15, 0.2) is 41.5 Å². The first kappa shape index (κ1) is 19.7. The smallest absolute Gasteiger partial charge is 0.282 e. The highest BCUT2D eigenvalue weighted by atomic mass is 16.6. The molecule has 1 N–H and O–H groups in total. The van der Waals surface area contributed by atoms with E-state index >= 15 is 0 Å². The maximum Gasteiger partial charge on any atom is 0.282 e. The van der Waals surface area contributed by atoms with Crippen LogP contribution in [0.5, 0.6) is 17.2 Å². The third kappa shape index (κ3) is 5.43. The second kappa shape index (κ2) is 9.18. The molecular formula is C18H19N3O6. The Balaban J connectivity index is 2.04. The van der Waals surface area contributed by atoms with E-state index < -0.39 is 10.8 Å². The van der Waals surface area contributed by atoms with Crippen molar-refractivity contribution in [2.75, 3.05) is 20.8 Å². The van der Waals surface area contributed by atoms with Crippen LogP contribution in [-0.2, 0) is 4.79 Å². The molecule has 0 aliphatic rings. The van der Waals surface area contributed by atoms with Crippen molar-refractivity contribution in [1.29, 1.82) is 0 Å². The molecule has 27 heavy (non-hydrogen) atoms. The van der Waals surface area contributed by atoms with Crippen molar-refractivity contribution < 1.29 is 23.9 Å². The fourth-order valence-corrected chi connectivity index (χ4v) is 2.21. The highest BCUT2D eigenvalue weighted by molar-refractivity contribution is 5.88. The SMILES string of the molecule is COc1cc(/C=N\NC(=O)COc2cccc(C)c2)c([N+](=O)[O-])cc1OC. The molecule has 2 aromatic rings. The lowest BCUT2D eigenvalue weighted by molar-refractivity contribution is -0.385. The summed E-state index contributed by atoms with van der Waals surface area (Å²) >= 11 is 0. The Hall–Kier alpha value is -3.62. The molecule has 0 fully saturated rings. The van der Waals surface area contributed by atoms with Crippen molar-refractivity contribution in [2.24, 2.45) is 5.10 Å². The molecule has 0 unspecified atom stereocenters. The van der Waals surface area contributed by atoms with Gasteiger partial charge in [-0.1, -0.05) is 12.1 Å². The Morgan fingerprint density at radius 1 is 1.22 bits per heavy atom. The van der Waals surface area contributed by atoms with Crippen molar-refractivity contribution in [3.63, 3.8) is 0 Å². The normalized spacial score (nSPS) is 10.5. The number of hydrazone groups is 1. The van der Waals surface area contributed by atoms with Crippen molar-refractivity contribution >= 4 is 17.8 Å². The first-order chi connectivity index (χ1) is 12.9. The van der Waals surface area contributed by atoms with E-state index in [1.165, 1.54) is 26.4 Å². The minimum atomic E-state index is -0.577. The quantitative estimate of drug-likeness (QED) is 0.432. The number of hydrogen-bond donors (Lipinski definition) is 1. The Labute approximate surface area is 155 Å². The standard InChI is InChI=1S/C18H19N3O6/c1-12-5-4-6-14(7-12)27-11-18(22)20-19-10-13-8-16(25-2)17(26-3)9-15(13)21(23)24/h4-10H,11H2,1-3H3,(H,20,22)/b19-10-. The van der Waals surface area contributed by atoms with Crippen molar-refractivity contribution in [1.82, 2.24) is 5.43 Å². The van der Waals surface area contributed by atoms with E-state index in [1.807, 2.05) is 19.1 Å². The fourth-order valence-electron chi connectivity index (χ4n) is 2.21. The van der Waals surface area contributed by atoms with Gasteiger partial charge in [0.2, 0.25) is 0 Å². The zero-order chi connectivity index (χ0) is 19.8. The molecule has 0 heterocycles. The van der Waals surface area contributed by atoms with E-state index in [0.29, 0.717) is 11.5 Å². The number of carbonyl (C=O) groups is 1. The van der Waals surface area contributed by atoms with E-state index in [0.717, 1.165) is 11.8 Å². The predicted octanol–water partition coefficient (Wildman–Crippen LogP) is 2.45. The first-order valence-corrected chi connectivity index (χ1v) is 7.86. The lowest BCUT2D eigenvalue weighted by Gasteiger charge is -2.08. The third-order valence-corrected chi connectivity index (χ3v) is 3.48. The number of carbonyl (C=O) groups excluding carboxylic acids is 1. The average Bonchev–Trinajstić information content (AvgIpc) is 2.65. The van der Waals surface area contributed by atoms with E-state index in [9.17, 15) is 14.9 Å². The number of hydrogen-bond acceptors (Lipinski definition) is 7. The summed E-state index contributed by atoms with van der Waals surface area (Å²) in [5.41, 5.74) is 3.18. The zero-order valence-corrected chi connectivity index (χ0v) is 15.1. The number of nitrogens with one attached hydrogen (secondary N) is 1. The minimum Gasteiger partial charge on any atom is -0.493 e. The van der Waals surface area contributed by atoms with Crippen molar-refractivity contribution in [3.05, 3.63) is 57.6 Å². The molecule has 2 aromatic carbocycles. The highest BCUT2D eigenvalue weighted by Crippen LogP contribution is 2.33. The summed E-state index contributed by atoms with van der Waals surface area (Å²) in [6.45, 7) is 1.67. The highest BCUT2D eigenvalue weighted by Gasteiger charge is 2.18. The van der Waals surface area contributed by atoms with Gasteiger partial charge in [0, 0.05) is 0 Å². The van der Waals surface area contributed by atoms with E-state index in [2.05, 4.69) is 10.5 Å². The van der Waals surface area contributed by atoms with E-state index in [-0.39, 0.29) is 23.6 Å². The van der Waals surface area contributed by atoms with Gasteiger partial charge in [0.15, 0.2) is 18.1 Å². The number of benzene rings is 2. The maximum absolute atomic E-state index is 11.8. The van der Waals surface area contributed by atoms with Crippen LogP contribution >= 0.6 is 0 Å². The monoisotopic (exact) mass is 373 g/mol. The maximum atomic E-state index is 11.8. The van der Waals surface area contributed by atoms with Crippen molar-refractivity contribution in [2.45, 2.75) is 6.92 Å². The van der Waals surface area contributed by atoms with Crippen LogP contribution in [0.3, 0.4) is 0 Å². The van der Waals surface area contributed by atoms with Gasteiger partial charge in [0.1, 0.15) is 5.75 Å². The molecule has 0 spiro atoms. The molecule has 0 saturated heterocycles. The second-order valence-corrected chi connectivity index (χ2v) is 5.42. The van der Waals surface area contributed by atoms with Gasteiger partial charge in [-0.3, -0.25) is 14.9 Å². The number of methoxy groups -OCH3 is 2. The van der Waals surface area contributed by atoms with Gasteiger partial charge in [0.25, 0.3) is 11.6 Å². The van der Waals surface area contributed by atoms with Gasteiger partial charge in [0.05, 0.1) is 37.0 Å². The van der Waals surface area contributed by atoms with Crippen LogP contribution in [0, 0.1) is 17.0 Å². The summed E-state index contributed by atoms with van der Waals surface area (Å²) in [7, 11) is 2.79. The van der Waals surface area contributed by atoms with E-state index in [4.69, 9.17) is 14.2 Å². The van der Waals surface area contributed by atoms with Crippen LogP contribution in [-0.4, -0.2) is 37.9 Å². The average molecular weight is 373 g/mol. The molecule has 0 aliphatic heterocycles. The number of ether oxygens (including phenoxy) is 3. The first-order valence-electron chi connectivity index (χ1n) is 7.86. The van der Waals surface area contributed by atoms with Gasteiger partial charge < -0.3 is 14.2 Å². The molecule has 0 saturated carbocycles. The molecule has 0 atom stereocenters. The van der Waals surface area contributed by atoms with Gasteiger partial charge in [-0.05, 0) is 30.7 Å². The molecule has 0 bridgehead atoms. The molecule has 0 aromatic heterocycles. The molecule has 2 rings (SSSR count). The largest absolute Gasteiger partial charge is 0.493 e. The van der Waals surface area contributed by atoms with Gasteiger partial charge in [-0.2, -0.15) is 5.10 Å². The molecule has 142 valence electrons. The summed E-state index contributed by atoms with van der Waals surface area (Å²) in [4.78, 5) is 22.4.